The molecule has 1 aliphatic heterocycles. The average Bonchev–Trinajstić information content (AvgIpc) is 2.89. The van der Waals surface area contributed by atoms with Gasteiger partial charge < -0.3 is 4.74 Å². The van der Waals surface area contributed by atoms with Crippen LogP contribution in [0.3, 0.4) is 0 Å². The van der Waals surface area contributed by atoms with Gasteiger partial charge in [-0.15, -0.1) is 0 Å². The number of ether oxygens (including phenoxy) is 1. The molecule has 1 heterocycles. The third-order valence-corrected chi connectivity index (χ3v) is 4.79. The van der Waals surface area contributed by atoms with Crippen LogP contribution in [0.2, 0.25) is 0 Å². The lowest BCUT2D eigenvalue weighted by molar-refractivity contribution is -0.133. The van der Waals surface area contributed by atoms with Crippen molar-refractivity contribution in [2.45, 2.75) is 4.90 Å². The quantitative estimate of drug-likeness (QED) is 0.799. The number of esters is 1. The Labute approximate surface area is 137 Å². The Morgan fingerprint density at radius 3 is 2.29 bits per heavy atom. The van der Waals surface area contributed by atoms with E-state index in [-0.39, 0.29) is 22.6 Å². The summed E-state index contributed by atoms with van der Waals surface area (Å²) in [6.07, 6.45) is 0.979. The van der Waals surface area contributed by atoms with E-state index in [0.717, 1.165) is 12.3 Å². The van der Waals surface area contributed by atoms with Crippen molar-refractivity contribution in [2.24, 2.45) is 0 Å². The van der Waals surface area contributed by atoms with Gasteiger partial charge in [0.05, 0.1) is 10.5 Å². The number of carbonyl (C=O) groups excluding carboxylic acids is 1. The Kier molecular flexibility index (Phi) is 3.96. The molecule has 0 atom stereocenters. The Morgan fingerprint density at radius 1 is 1.04 bits per heavy atom. The minimum atomic E-state index is -3.54. The van der Waals surface area contributed by atoms with Crippen LogP contribution in [0, 0.1) is 11.6 Å². The van der Waals surface area contributed by atoms with Crippen LogP contribution in [0.15, 0.2) is 47.4 Å². The number of hydrogen-bond donors (Lipinski definition) is 0. The monoisotopic (exact) mass is 350 g/mol. The van der Waals surface area contributed by atoms with Crippen molar-refractivity contribution in [2.75, 3.05) is 12.9 Å². The zero-order valence-corrected chi connectivity index (χ0v) is 13.4. The van der Waals surface area contributed by atoms with Crippen LogP contribution < -0.4 is 0 Å². The molecular formula is C17H12F2O4S. The van der Waals surface area contributed by atoms with Gasteiger partial charge in [-0.05, 0) is 29.8 Å². The summed E-state index contributed by atoms with van der Waals surface area (Å²) >= 11 is 0. The molecule has 0 radical (unpaired) electrons. The largest absolute Gasteiger partial charge is 0.457 e. The van der Waals surface area contributed by atoms with E-state index in [2.05, 4.69) is 0 Å². The fourth-order valence-corrected chi connectivity index (χ4v) is 3.13. The summed E-state index contributed by atoms with van der Waals surface area (Å²) in [5, 5.41) is 0. The van der Waals surface area contributed by atoms with Crippen LogP contribution in [0.4, 0.5) is 8.78 Å². The van der Waals surface area contributed by atoms with E-state index in [0.29, 0.717) is 11.1 Å². The topological polar surface area (TPSA) is 60.4 Å². The minimum Gasteiger partial charge on any atom is -0.457 e. The van der Waals surface area contributed by atoms with Crippen LogP contribution >= 0.6 is 0 Å². The first kappa shape index (κ1) is 16.3. The Hall–Kier alpha value is -2.54. The van der Waals surface area contributed by atoms with Gasteiger partial charge in [0.2, 0.25) is 0 Å². The van der Waals surface area contributed by atoms with Crippen LogP contribution in [-0.2, 0) is 19.4 Å². The molecule has 4 nitrogen and oxygen atoms in total. The van der Waals surface area contributed by atoms with Gasteiger partial charge in [0.15, 0.2) is 9.84 Å². The molecule has 0 bridgehead atoms. The van der Waals surface area contributed by atoms with E-state index in [1.54, 1.807) is 0 Å². The first-order valence-corrected chi connectivity index (χ1v) is 8.82. The van der Waals surface area contributed by atoms with Gasteiger partial charge in [0, 0.05) is 17.4 Å². The van der Waals surface area contributed by atoms with Gasteiger partial charge in [-0.1, -0.05) is 18.2 Å². The normalized spacial score (nSPS) is 14.9. The SMILES string of the molecule is CS(=O)(=O)c1ccc(C2=C(c3ccc(F)cc3)C(=O)OC2)c(F)c1. The van der Waals surface area contributed by atoms with Gasteiger partial charge in [0.25, 0.3) is 0 Å². The maximum atomic E-state index is 14.4. The van der Waals surface area contributed by atoms with E-state index < -0.39 is 27.4 Å². The van der Waals surface area contributed by atoms with E-state index in [4.69, 9.17) is 4.74 Å². The molecule has 3 rings (SSSR count). The number of carbonyl (C=O) groups is 1. The lowest BCUT2D eigenvalue weighted by atomic mass is 9.96. The highest BCUT2D eigenvalue weighted by atomic mass is 32.2. The Bertz CT molecular complexity index is 961. The van der Waals surface area contributed by atoms with Gasteiger partial charge in [-0.25, -0.2) is 22.0 Å². The number of rotatable bonds is 3. The summed E-state index contributed by atoms with van der Waals surface area (Å²) in [5.41, 5.74) is 0.915. The third-order valence-electron chi connectivity index (χ3n) is 3.68. The summed E-state index contributed by atoms with van der Waals surface area (Å²) in [4.78, 5) is 11.8. The lowest BCUT2D eigenvalue weighted by Gasteiger charge is -2.07. The molecule has 0 spiro atoms. The molecule has 0 saturated heterocycles. The predicted molar refractivity (Wildman–Crippen MR) is 83.7 cm³/mol. The molecule has 24 heavy (non-hydrogen) atoms. The number of benzene rings is 2. The summed E-state index contributed by atoms with van der Waals surface area (Å²) in [7, 11) is -3.54. The molecule has 0 amide bonds. The van der Waals surface area contributed by atoms with Crippen LogP contribution in [0.5, 0.6) is 0 Å². The molecule has 1 aliphatic rings. The third kappa shape index (κ3) is 2.94. The molecule has 0 aliphatic carbocycles. The highest BCUT2D eigenvalue weighted by Crippen LogP contribution is 2.34. The average molecular weight is 350 g/mol. The molecule has 0 N–H and O–H groups in total. The van der Waals surface area contributed by atoms with Gasteiger partial charge >= 0.3 is 5.97 Å². The second kappa shape index (κ2) is 5.83. The van der Waals surface area contributed by atoms with E-state index in [1.165, 1.54) is 36.4 Å². The summed E-state index contributed by atoms with van der Waals surface area (Å²) < 4.78 is 55.4. The van der Waals surface area contributed by atoms with Crippen molar-refractivity contribution < 1.29 is 26.7 Å². The maximum Gasteiger partial charge on any atom is 0.339 e. The second-order valence-electron chi connectivity index (χ2n) is 5.35. The first-order chi connectivity index (χ1) is 11.3. The van der Waals surface area contributed by atoms with Crippen molar-refractivity contribution in [3.05, 3.63) is 65.2 Å². The zero-order valence-electron chi connectivity index (χ0n) is 12.5. The van der Waals surface area contributed by atoms with Gasteiger partial charge in [-0.2, -0.15) is 0 Å². The standard InChI is InChI=1S/C17H12F2O4S/c1-24(21,22)12-6-7-13(15(19)8-12)14-9-23-17(20)16(14)10-2-4-11(18)5-3-10/h2-8H,9H2,1H3. The van der Waals surface area contributed by atoms with Crippen LogP contribution in [0.25, 0.3) is 11.1 Å². The van der Waals surface area contributed by atoms with E-state index in [9.17, 15) is 22.0 Å². The Balaban J connectivity index is 2.16. The zero-order chi connectivity index (χ0) is 17.5. The van der Waals surface area contributed by atoms with Crippen molar-refractivity contribution in [1.29, 1.82) is 0 Å². The fourth-order valence-electron chi connectivity index (χ4n) is 2.50. The highest BCUT2D eigenvalue weighted by Gasteiger charge is 2.29. The molecule has 2 aromatic carbocycles. The predicted octanol–water partition coefficient (Wildman–Crippen LogP) is 2.84. The first-order valence-electron chi connectivity index (χ1n) is 6.93. The van der Waals surface area contributed by atoms with Crippen molar-refractivity contribution in [3.63, 3.8) is 0 Å². The smallest absolute Gasteiger partial charge is 0.339 e. The summed E-state index contributed by atoms with van der Waals surface area (Å²) in [6, 6.07) is 8.66. The van der Waals surface area contributed by atoms with E-state index in [1.807, 2.05) is 0 Å². The van der Waals surface area contributed by atoms with Crippen molar-refractivity contribution in [1.82, 2.24) is 0 Å². The molecular weight excluding hydrogens is 338 g/mol. The van der Waals surface area contributed by atoms with Crippen LogP contribution in [0.1, 0.15) is 11.1 Å². The lowest BCUT2D eigenvalue weighted by Crippen LogP contribution is -2.01. The van der Waals surface area contributed by atoms with Gasteiger partial charge in [0.1, 0.15) is 18.2 Å². The maximum absolute atomic E-state index is 14.4. The minimum absolute atomic E-state index is 0.0765. The molecule has 0 saturated carbocycles. The molecule has 124 valence electrons. The molecule has 0 unspecified atom stereocenters. The van der Waals surface area contributed by atoms with Crippen molar-refractivity contribution >= 4 is 27.0 Å². The highest BCUT2D eigenvalue weighted by molar-refractivity contribution is 7.90. The second-order valence-corrected chi connectivity index (χ2v) is 7.37. The Morgan fingerprint density at radius 2 is 1.71 bits per heavy atom. The number of cyclic esters (lactones) is 1. The summed E-state index contributed by atoms with van der Waals surface area (Å²) in [6.45, 7) is -0.138. The molecule has 0 aromatic heterocycles. The van der Waals surface area contributed by atoms with Crippen LogP contribution in [-0.4, -0.2) is 27.2 Å². The number of sulfone groups is 1. The summed E-state index contributed by atoms with van der Waals surface area (Å²) in [5.74, 6) is -1.87. The van der Waals surface area contributed by atoms with E-state index >= 15 is 0 Å². The molecule has 2 aromatic rings. The molecule has 0 fully saturated rings. The van der Waals surface area contributed by atoms with Crippen molar-refractivity contribution in [3.8, 4) is 0 Å². The van der Waals surface area contributed by atoms with Gasteiger partial charge in [-0.3, -0.25) is 0 Å². The fraction of sp³-hybridized carbons (Fsp3) is 0.118. The number of hydrogen-bond acceptors (Lipinski definition) is 4. The number of halogens is 2. The molecule has 7 heteroatoms.